The Hall–Kier alpha value is -1.96. The summed E-state index contributed by atoms with van der Waals surface area (Å²) in [6, 6.07) is 14.2. The normalized spacial score (nSPS) is 10.2. The van der Waals surface area contributed by atoms with Crippen LogP contribution in [0.1, 0.15) is 17.7 Å². The average Bonchev–Trinajstić information content (AvgIpc) is 2.37. The van der Waals surface area contributed by atoms with Gasteiger partial charge in [0.25, 0.3) is 0 Å². The van der Waals surface area contributed by atoms with Gasteiger partial charge in [-0.1, -0.05) is 35.9 Å². The van der Waals surface area contributed by atoms with Crippen molar-refractivity contribution < 1.29 is 4.79 Å². The van der Waals surface area contributed by atoms with Gasteiger partial charge in [0.15, 0.2) is 0 Å². The molecule has 0 saturated carbocycles. The molecular formula is C15H15NO. The number of carbonyl (C=O) groups excluding carboxylic acids is 1. The smallest absolute Gasteiger partial charge is 0.120 e. The van der Waals surface area contributed by atoms with E-state index in [1.807, 2.05) is 18.2 Å². The molecule has 2 heteroatoms. The molecule has 1 aromatic carbocycles. The molecule has 0 aliphatic heterocycles. The van der Waals surface area contributed by atoms with Gasteiger partial charge in [-0.2, -0.15) is 0 Å². The Bertz CT molecular complexity index is 503. The highest BCUT2D eigenvalue weighted by molar-refractivity contribution is 5.59. The van der Waals surface area contributed by atoms with Crippen molar-refractivity contribution in [2.24, 2.45) is 0 Å². The molecule has 0 saturated heterocycles. The van der Waals surface area contributed by atoms with Gasteiger partial charge in [-0.05, 0) is 25.5 Å². The summed E-state index contributed by atoms with van der Waals surface area (Å²) in [4.78, 5) is 14.9. The fourth-order valence-electron chi connectivity index (χ4n) is 1.71. The van der Waals surface area contributed by atoms with E-state index < -0.39 is 0 Å². The lowest BCUT2D eigenvalue weighted by atomic mass is 10.1. The first-order valence-electron chi connectivity index (χ1n) is 5.76. The number of aromatic nitrogens is 1. The molecule has 1 aromatic heterocycles. The Morgan fingerprint density at radius 3 is 2.59 bits per heavy atom. The van der Waals surface area contributed by atoms with Gasteiger partial charge in [-0.25, -0.2) is 0 Å². The Morgan fingerprint density at radius 1 is 1.12 bits per heavy atom. The number of carbonyl (C=O) groups is 1. The monoisotopic (exact) mass is 225 g/mol. The number of aldehydes is 1. The Labute approximate surface area is 101 Å². The molecule has 17 heavy (non-hydrogen) atoms. The maximum absolute atomic E-state index is 10.3. The van der Waals surface area contributed by atoms with E-state index in [2.05, 4.69) is 36.2 Å². The molecule has 0 atom stereocenters. The average molecular weight is 225 g/mol. The summed E-state index contributed by atoms with van der Waals surface area (Å²) < 4.78 is 0. The third kappa shape index (κ3) is 3.00. The molecular weight excluding hydrogens is 210 g/mol. The number of rotatable bonds is 4. The lowest BCUT2D eigenvalue weighted by Gasteiger charge is -2.04. The lowest BCUT2D eigenvalue weighted by Crippen LogP contribution is -1.93. The van der Waals surface area contributed by atoms with E-state index in [1.54, 1.807) is 0 Å². The summed E-state index contributed by atoms with van der Waals surface area (Å²) in [5, 5.41) is 0. The van der Waals surface area contributed by atoms with Crippen LogP contribution in [-0.2, 0) is 11.2 Å². The lowest BCUT2D eigenvalue weighted by molar-refractivity contribution is -0.107. The molecule has 2 rings (SSSR count). The van der Waals surface area contributed by atoms with Crippen LogP contribution in [0.4, 0.5) is 0 Å². The van der Waals surface area contributed by atoms with Crippen LogP contribution in [0.2, 0.25) is 0 Å². The van der Waals surface area contributed by atoms with Crippen molar-refractivity contribution >= 4 is 6.29 Å². The van der Waals surface area contributed by atoms with Gasteiger partial charge in [-0.15, -0.1) is 0 Å². The second kappa shape index (κ2) is 5.39. The molecule has 0 radical (unpaired) electrons. The number of hydrogen-bond donors (Lipinski definition) is 0. The van der Waals surface area contributed by atoms with Gasteiger partial charge in [0, 0.05) is 17.7 Å². The van der Waals surface area contributed by atoms with Crippen molar-refractivity contribution in [3.05, 3.63) is 53.7 Å². The van der Waals surface area contributed by atoms with Gasteiger partial charge in [0.1, 0.15) is 6.29 Å². The Kier molecular flexibility index (Phi) is 3.66. The number of pyridine rings is 1. The minimum Gasteiger partial charge on any atom is -0.303 e. The third-order valence-electron chi connectivity index (χ3n) is 2.67. The van der Waals surface area contributed by atoms with Gasteiger partial charge in [-0.3, -0.25) is 4.98 Å². The van der Waals surface area contributed by atoms with E-state index in [4.69, 9.17) is 0 Å². The Balaban J connectivity index is 2.26. The number of aryl methyl sites for hydroxylation is 2. The van der Waals surface area contributed by atoms with Gasteiger partial charge >= 0.3 is 0 Å². The van der Waals surface area contributed by atoms with Crippen LogP contribution in [0.25, 0.3) is 11.3 Å². The van der Waals surface area contributed by atoms with Gasteiger partial charge < -0.3 is 4.79 Å². The van der Waals surface area contributed by atoms with Crippen molar-refractivity contribution in [3.63, 3.8) is 0 Å². The topological polar surface area (TPSA) is 30.0 Å². The Morgan fingerprint density at radius 2 is 1.88 bits per heavy atom. The van der Waals surface area contributed by atoms with Crippen LogP contribution in [0.15, 0.2) is 42.5 Å². The predicted molar refractivity (Wildman–Crippen MR) is 68.8 cm³/mol. The molecule has 1 heterocycles. The molecule has 0 fully saturated rings. The number of nitrogens with zero attached hydrogens (tertiary/aromatic N) is 1. The minimum absolute atomic E-state index is 0.532. The number of hydrogen-bond acceptors (Lipinski definition) is 2. The maximum Gasteiger partial charge on any atom is 0.120 e. The predicted octanol–water partition coefficient (Wildman–Crippen LogP) is 3.19. The summed E-state index contributed by atoms with van der Waals surface area (Å²) >= 11 is 0. The molecule has 2 nitrogen and oxygen atoms in total. The van der Waals surface area contributed by atoms with Crippen LogP contribution in [-0.4, -0.2) is 11.3 Å². The molecule has 0 bridgehead atoms. The summed E-state index contributed by atoms with van der Waals surface area (Å²) in [5.74, 6) is 0. The maximum atomic E-state index is 10.3. The van der Waals surface area contributed by atoms with Crippen molar-refractivity contribution in [2.45, 2.75) is 19.8 Å². The summed E-state index contributed by atoms with van der Waals surface area (Å²) in [7, 11) is 0. The molecule has 86 valence electrons. The zero-order chi connectivity index (χ0) is 12.1. The minimum atomic E-state index is 0.532. The van der Waals surface area contributed by atoms with Crippen molar-refractivity contribution in [3.8, 4) is 11.3 Å². The van der Waals surface area contributed by atoms with Gasteiger partial charge in [0.05, 0.1) is 5.69 Å². The second-order valence-electron chi connectivity index (χ2n) is 4.09. The first kappa shape index (κ1) is 11.5. The highest BCUT2D eigenvalue weighted by Crippen LogP contribution is 2.18. The number of benzene rings is 1. The third-order valence-corrected chi connectivity index (χ3v) is 2.67. The fraction of sp³-hybridized carbons (Fsp3) is 0.200. The largest absolute Gasteiger partial charge is 0.303 e. The zero-order valence-electron chi connectivity index (χ0n) is 9.89. The summed E-state index contributed by atoms with van der Waals surface area (Å²) in [5.41, 5.74) is 4.29. The van der Waals surface area contributed by atoms with Crippen LogP contribution < -0.4 is 0 Å². The fourth-order valence-corrected chi connectivity index (χ4v) is 1.71. The van der Waals surface area contributed by atoms with E-state index in [0.29, 0.717) is 12.8 Å². The molecule has 0 aliphatic carbocycles. The molecule has 0 amide bonds. The molecule has 0 N–H and O–H groups in total. The van der Waals surface area contributed by atoms with Crippen molar-refractivity contribution in [1.82, 2.24) is 4.98 Å². The quantitative estimate of drug-likeness (QED) is 0.748. The van der Waals surface area contributed by atoms with Gasteiger partial charge in [0.2, 0.25) is 0 Å². The first-order valence-corrected chi connectivity index (χ1v) is 5.76. The van der Waals surface area contributed by atoms with Crippen LogP contribution in [0.3, 0.4) is 0 Å². The van der Waals surface area contributed by atoms with Crippen LogP contribution in [0.5, 0.6) is 0 Å². The molecule has 0 aliphatic rings. The summed E-state index contributed by atoms with van der Waals surface area (Å²) in [6.45, 7) is 2.07. The molecule has 2 aromatic rings. The molecule has 0 unspecified atom stereocenters. The SMILES string of the molecule is Cc1ccc(-c2cccc(CCC=O)n2)cc1. The van der Waals surface area contributed by atoms with E-state index in [1.165, 1.54) is 5.56 Å². The van der Waals surface area contributed by atoms with Crippen molar-refractivity contribution in [1.29, 1.82) is 0 Å². The van der Waals surface area contributed by atoms with E-state index in [-0.39, 0.29) is 0 Å². The first-order chi connectivity index (χ1) is 8.29. The van der Waals surface area contributed by atoms with E-state index in [9.17, 15) is 4.79 Å². The van der Waals surface area contributed by atoms with Crippen LogP contribution in [0, 0.1) is 6.92 Å². The standard InChI is InChI=1S/C15H15NO/c1-12-7-9-13(10-8-12)15-6-2-4-14(16-15)5-3-11-17/h2,4,6-11H,3,5H2,1H3. The second-order valence-corrected chi connectivity index (χ2v) is 4.09. The van der Waals surface area contributed by atoms with E-state index >= 15 is 0 Å². The molecule has 0 spiro atoms. The summed E-state index contributed by atoms with van der Waals surface area (Å²) in [6.07, 6.45) is 2.17. The van der Waals surface area contributed by atoms with E-state index in [0.717, 1.165) is 23.2 Å². The van der Waals surface area contributed by atoms with Crippen LogP contribution >= 0.6 is 0 Å². The zero-order valence-corrected chi connectivity index (χ0v) is 9.89. The highest BCUT2D eigenvalue weighted by atomic mass is 16.1. The highest BCUT2D eigenvalue weighted by Gasteiger charge is 2.00. The van der Waals surface area contributed by atoms with Crippen molar-refractivity contribution in [2.75, 3.05) is 0 Å².